The van der Waals surface area contributed by atoms with Gasteiger partial charge in [-0.1, -0.05) is 6.92 Å². The Kier molecular flexibility index (Phi) is 3.60. The van der Waals surface area contributed by atoms with E-state index < -0.39 is 14.8 Å². The van der Waals surface area contributed by atoms with Gasteiger partial charge in [-0.15, -0.1) is 0 Å². The second kappa shape index (κ2) is 4.24. The third-order valence-electron chi connectivity index (χ3n) is 3.59. The van der Waals surface area contributed by atoms with Crippen LogP contribution in [0.25, 0.3) is 0 Å². The van der Waals surface area contributed by atoms with Crippen molar-refractivity contribution in [1.82, 2.24) is 4.31 Å². The van der Waals surface area contributed by atoms with E-state index in [1.165, 1.54) is 4.31 Å². The van der Waals surface area contributed by atoms with Crippen LogP contribution in [0.15, 0.2) is 0 Å². The standard InChI is InChI=1S/C11H23N3O2S/c1-10(2,3)17(15,16)14-7-5-11(4,6-8-14)9(12)13/h5-8H2,1-4H3,(H3,12,13). The molecule has 0 radical (unpaired) electrons. The zero-order valence-electron chi connectivity index (χ0n) is 11.1. The molecule has 1 heterocycles. The number of hydrogen-bond donors (Lipinski definition) is 2. The van der Waals surface area contributed by atoms with Crippen molar-refractivity contribution in [1.29, 1.82) is 5.41 Å². The fourth-order valence-corrected chi connectivity index (χ4v) is 3.31. The highest BCUT2D eigenvalue weighted by molar-refractivity contribution is 7.90. The Hall–Kier alpha value is -0.620. The van der Waals surface area contributed by atoms with Crippen molar-refractivity contribution in [3.63, 3.8) is 0 Å². The Balaban J connectivity index is 2.81. The molecular formula is C11H23N3O2S. The van der Waals surface area contributed by atoms with E-state index >= 15 is 0 Å². The summed E-state index contributed by atoms with van der Waals surface area (Å²) in [7, 11) is -3.25. The maximum Gasteiger partial charge on any atom is 0.219 e. The number of nitrogens with one attached hydrogen (secondary N) is 1. The van der Waals surface area contributed by atoms with Gasteiger partial charge in [0.2, 0.25) is 10.0 Å². The second-order valence-corrected chi connectivity index (χ2v) is 8.68. The minimum Gasteiger partial charge on any atom is -0.387 e. The molecule has 0 atom stereocenters. The molecule has 100 valence electrons. The Bertz CT molecular complexity index is 401. The van der Waals surface area contributed by atoms with Crippen LogP contribution in [0.5, 0.6) is 0 Å². The van der Waals surface area contributed by atoms with Gasteiger partial charge in [0.15, 0.2) is 0 Å². The van der Waals surface area contributed by atoms with Crippen molar-refractivity contribution in [2.45, 2.75) is 45.3 Å². The molecule has 5 nitrogen and oxygen atoms in total. The third kappa shape index (κ3) is 2.63. The van der Waals surface area contributed by atoms with Gasteiger partial charge >= 0.3 is 0 Å². The van der Waals surface area contributed by atoms with E-state index in [1.54, 1.807) is 20.8 Å². The number of nitrogens with two attached hydrogens (primary N) is 1. The summed E-state index contributed by atoms with van der Waals surface area (Å²) >= 11 is 0. The highest BCUT2D eigenvalue weighted by atomic mass is 32.2. The van der Waals surface area contributed by atoms with E-state index in [-0.39, 0.29) is 11.3 Å². The van der Waals surface area contributed by atoms with Gasteiger partial charge in [0.1, 0.15) is 0 Å². The first kappa shape index (κ1) is 14.4. The minimum absolute atomic E-state index is 0.158. The molecule has 17 heavy (non-hydrogen) atoms. The molecule has 0 aliphatic carbocycles. The Morgan fingerprint density at radius 2 is 1.71 bits per heavy atom. The molecule has 1 aliphatic heterocycles. The topological polar surface area (TPSA) is 87.2 Å². The molecule has 0 amide bonds. The molecule has 0 aromatic rings. The largest absolute Gasteiger partial charge is 0.387 e. The van der Waals surface area contributed by atoms with Gasteiger partial charge < -0.3 is 5.73 Å². The second-order valence-electron chi connectivity index (χ2n) is 5.99. The van der Waals surface area contributed by atoms with Crippen molar-refractivity contribution < 1.29 is 8.42 Å². The third-order valence-corrected chi connectivity index (χ3v) is 6.18. The van der Waals surface area contributed by atoms with E-state index in [9.17, 15) is 8.42 Å². The van der Waals surface area contributed by atoms with E-state index in [0.29, 0.717) is 25.9 Å². The van der Waals surface area contributed by atoms with Gasteiger partial charge in [-0.25, -0.2) is 12.7 Å². The van der Waals surface area contributed by atoms with Gasteiger partial charge in [-0.3, -0.25) is 5.41 Å². The number of amidine groups is 1. The quantitative estimate of drug-likeness (QED) is 0.577. The zero-order valence-corrected chi connectivity index (χ0v) is 11.9. The fourth-order valence-electron chi connectivity index (χ4n) is 1.88. The van der Waals surface area contributed by atoms with Gasteiger partial charge in [0.25, 0.3) is 0 Å². The average Bonchev–Trinajstić information content (AvgIpc) is 2.16. The van der Waals surface area contributed by atoms with Crippen molar-refractivity contribution in [2.75, 3.05) is 13.1 Å². The van der Waals surface area contributed by atoms with Crippen LogP contribution in [0, 0.1) is 10.8 Å². The molecule has 1 rings (SSSR count). The highest BCUT2D eigenvalue weighted by Gasteiger charge is 2.41. The van der Waals surface area contributed by atoms with Gasteiger partial charge in [-0.2, -0.15) is 0 Å². The van der Waals surface area contributed by atoms with Crippen molar-refractivity contribution in [3.05, 3.63) is 0 Å². The van der Waals surface area contributed by atoms with Gasteiger partial charge in [0.05, 0.1) is 10.6 Å². The lowest BCUT2D eigenvalue weighted by Gasteiger charge is -2.40. The Morgan fingerprint density at radius 3 is 2.00 bits per heavy atom. The predicted octanol–water partition coefficient (Wildman–Crippen LogP) is 1.15. The molecule has 0 spiro atoms. The molecule has 0 saturated carbocycles. The zero-order chi connectivity index (χ0) is 13.5. The summed E-state index contributed by atoms with van der Waals surface area (Å²) in [6.45, 7) is 7.96. The van der Waals surface area contributed by atoms with E-state index in [1.807, 2.05) is 6.92 Å². The molecule has 3 N–H and O–H groups in total. The fraction of sp³-hybridized carbons (Fsp3) is 0.909. The molecule has 1 aliphatic rings. The summed E-state index contributed by atoms with van der Waals surface area (Å²) in [5, 5.41) is 7.54. The maximum atomic E-state index is 12.2. The lowest BCUT2D eigenvalue weighted by Crippen LogP contribution is -2.51. The van der Waals surface area contributed by atoms with Crippen LogP contribution in [-0.4, -0.2) is 36.4 Å². The summed E-state index contributed by atoms with van der Waals surface area (Å²) in [4.78, 5) is 0. The van der Waals surface area contributed by atoms with Crippen LogP contribution in [-0.2, 0) is 10.0 Å². The van der Waals surface area contributed by atoms with Crippen LogP contribution < -0.4 is 5.73 Å². The molecule has 0 aromatic heterocycles. The van der Waals surface area contributed by atoms with Crippen LogP contribution in [0.2, 0.25) is 0 Å². The molecule has 1 fully saturated rings. The number of nitrogens with zero attached hydrogens (tertiary/aromatic N) is 1. The summed E-state index contributed by atoms with van der Waals surface area (Å²) in [6.07, 6.45) is 1.25. The summed E-state index contributed by atoms with van der Waals surface area (Å²) in [6, 6.07) is 0. The number of hydrogen-bond acceptors (Lipinski definition) is 3. The van der Waals surface area contributed by atoms with E-state index in [0.717, 1.165) is 0 Å². The van der Waals surface area contributed by atoms with Crippen molar-refractivity contribution in [2.24, 2.45) is 11.1 Å². The highest BCUT2D eigenvalue weighted by Crippen LogP contribution is 2.33. The lowest BCUT2D eigenvalue weighted by molar-refractivity contribution is 0.237. The monoisotopic (exact) mass is 261 g/mol. The molecule has 0 aromatic carbocycles. The first-order valence-corrected chi connectivity index (χ1v) is 7.29. The predicted molar refractivity (Wildman–Crippen MR) is 69.5 cm³/mol. The molecule has 0 unspecified atom stereocenters. The SMILES string of the molecule is CC1(C(=N)N)CCN(S(=O)(=O)C(C)(C)C)CC1. The molecular weight excluding hydrogens is 238 g/mol. The van der Waals surface area contributed by atoms with Crippen LogP contribution in [0.3, 0.4) is 0 Å². The van der Waals surface area contributed by atoms with Crippen LogP contribution in [0.4, 0.5) is 0 Å². The van der Waals surface area contributed by atoms with Gasteiger partial charge in [0, 0.05) is 18.5 Å². The minimum atomic E-state index is -3.25. The smallest absolute Gasteiger partial charge is 0.219 e. The van der Waals surface area contributed by atoms with Crippen LogP contribution in [0.1, 0.15) is 40.5 Å². The van der Waals surface area contributed by atoms with Crippen molar-refractivity contribution in [3.8, 4) is 0 Å². The first-order valence-electron chi connectivity index (χ1n) is 5.85. The Labute approximate surface area is 104 Å². The normalized spacial score (nSPS) is 22.4. The van der Waals surface area contributed by atoms with E-state index in [2.05, 4.69) is 0 Å². The number of rotatable bonds is 2. The summed E-state index contributed by atoms with van der Waals surface area (Å²) in [5.41, 5.74) is 5.21. The first-order chi connectivity index (χ1) is 7.51. The van der Waals surface area contributed by atoms with Gasteiger partial charge in [-0.05, 0) is 33.6 Å². The Morgan fingerprint density at radius 1 is 1.29 bits per heavy atom. The lowest BCUT2D eigenvalue weighted by atomic mass is 9.80. The summed E-state index contributed by atoms with van der Waals surface area (Å²) < 4.78 is 25.2. The maximum absolute atomic E-state index is 12.2. The molecule has 0 bridgehead atoms. The van der Waals surface area contributed by atoms with Crippen molar-refractivity contribution >= 4 is 15.9 Å². The number of sulfonamides is 1. The molecule has 6 heteroatoms. The summed E-state index contributed by atoms with van der Waals surface area (Å²) in [5.74, 6) is 0.158. The molecule has 1 saturated heterocycles. The van der Waals surface area contributed by atoms with E-state index in [4.69, 9.17) is 11.1 Å². The van der Waals surface area contributed by atoms with Crippen LogP contribution >= 0.6 is 0 Å². The average molecular weight is 261 g/mol. The number of piperidine rings is 1.